The lowest BCUT2D eigenvalue weighted by molar-refractivity contribution is 0.176. The van der Waals surface area contributed by atoms with E-state index in [9.17, 15) is 29.3 Å². The van der Waals surface area contributed by atoms with Crippen molar-refractivity contribution in [3.63, 3.8) is 0 Å². The monoisotopic (exact) mass is 623 g/mol. The second-order valence-corrected chi connectivity index (χ2v) is 10.9. The number of phenolic OH excluding ortho intramolecular Hbond substituents is 1. The van der Waals surface area contributed by atoms with Crippen LogP contribution in [0, 0.1) is 11.6 Å². The van der Waals surface area contributed by atoms with Gasteiger partial charge in [-0.2, -0.15) is 0 Å². The van der Waals surface area contributed by atoms with Crippen LogP contribution in [0.3, 0.4) is 0 Å². The number of unbranched alkanes of at least 4 members (excludes halogenated alkanes) is 6. The highest BCUT2D eigenvalue weighted by Crippen LogP contribution is 2.32. The molecule has 45 heavy (non-hydrogen) atoms. The second kappa shape index (κ2) is 16.6. The van der Waals surface area contributed by atoms with Crippen molar-refractivity contribution >= 4 is 17.0 Å². The van der Waals surface area contributed by atoms with Gasteiger partial charge >= 0.3 is 6.09 Å². The van der Waals surface area contributed by atoms with Gasteiger partial charge in [0, 0.05) is 18.0 Å². The molecule has 0 saturated heterocycles. The van der Waals surface area contributed by atoms with Gasteiger partial charge in [0.1, 0.15) is 11.6 Å². The van der Waals surface area contributed by atoms with E-state index in [0.717, 1.165) is 51.1 Å². The zero-order valence-corrected chi connectivity index (χ0v) is 24.9. The van der Waals surface area contributed by atoms with Gasteiger partial charge < -0.3 is 35.7 Å². The van der Waals surface area contributed by atoms with Gasteiger partial charge in [-0.25, -0.2) is 13.6 Å². The Kier molecular flexibility index (Phi) is 12.3. The molecule has 11 heteroatoms. The molecule has 1 aromatic heterocycles. The number of aromatic nitrogens is 1. The van der Waals surface area contributed by atoms with Crippen LogP contribution in [-0.2, 0) is 0 Å². The van der Waals surface area contributed by atoms with Crippen LogP contribution in [0.1, 0.15) is 73.8 Å². The number of aromatic amines is 1. The molecule has 2 atom stereocenters. The summed E-state index contributed by atoms with van der Waals surface area (Å²) in [6, 6.07) is 15.4. The molecule has 0 saturated carbocycles. The fourth-order valence-corrected chi connectivity index (χ4v) is 5.33. The highest BCUT2D eigenvalue weighted by atomic mass is 19.1. The van der Waals surface area contributed by atoms with E-state index in [1.807, 2.05) is 0 Å². The highest BCUT2D eigenvalue weighted by Gasteiger charge is 2.26. The molecular formula is C34H39F2N3O6. The number of halogens is 2. The maximum Gasteiger partial charge on any atom is 0.405 e. The number of aliphatic hydroxyl groups is 1. The fourth-order valence-electron chi connectivity index (χ4n) is 5.33. The van der Waals surface area contributed by atoms with Gasteiger partial charge in [-0.1, -0.05) is 68.5 Å². The van der Waals surface area contributed by atoms with Gasteiger partial charge in [-0.15, -0.1) is 0 Å². The molecule has 9 nitrogen and oxygen atoms in total. The number of aliphatic hydroxyl groups excluding tert-OH is 1. The Balaban J connectivity index is 1.12. The number of pyridine rings is 1. The Hall–Kier alpha value is -4.48. The van der Waals surface area contributed by atoms with Crippen molar-refractivity contribution in [3.05, 3.63) is 105 Å². The summed E-state index contributed by atoms with van der Waals surface area (Å²) < 4.78 is 35.6. The van der Waals surface area contributed by atoms with Crippen LogP contribution in [0.25, 0.3) is 10.9 Å². The molecule has 1 heterocycles. The molecular weight excluding hydrogens is 584 g/mol. The molecule has 0 spiro atoms. The van der Waals surface area contributed by atoms with Crippen LogP contribution in [0.5, 0.6) is 11.5 Å². The summed E-state index contributed by atoms with van der Waals surface area (Å²) in [6.45, 7) is 1.34. The van der Waals surface area contributed by atoms with Gasteiger partial charge in [0.25, 0.3) is 0 Å². The first kappa shape index (κ1) is 33.4. The number of hydrogen-bond acceptors (Lipinski definition) is 6. The van der Waals surface area contributed by atoms with Gasteiger partial charge in [0.05, 0.1) is 29.8 Å². The number of hydrogen-bond donors (Lipinski definition) is 6. The van der Waals surface area contributed by atoms with Crippen LogP contribution in [0.2, 0.25) is 0 Å². The summed E-state index contributed by atoms with van der Waals surface area (Å²) in [5, 5.41) is 36.0. The third-order valence-corrected chi connectivity index (χ3v) is 7.64. The smallest absolute Gasteiger partial charge is 0.405 e. The lowest BCUT2D eigenvalue weighted by Gasteiger charge is -2.20. The number of amides is 1. The van der Waals surface area contributed by atoms with Crippen molar-refractivity contribution in [2.24, 2.45) is 0 Å². The molecule has 0 fully saturated rings. The minimum absolute atomic E-state index is 0.0422. The third kappa shape index (κ3) is 9.26. The van der Waals surface area contributed by atoms with Crippen molar-refractivity contribution in [1.82, 2.24) is 15.6 Å². The Morgan fingerprint density at radius 1 is 0.889 bits per heavy atom. The van der Waals surface area contributed by atoms with E-state index >= 15 is 4.39 Å². The van der Waals surface area contributed by atoms with E-state index in [0.29, 0.717) is 35.0 Å². The normalized spacial score (nSPS) is 12.6. The number of aromatic hydroxyl groups is 1. The van der Waals surface area contributed by atoms with Crippen molar-refractivity contribution in [2.75, 3.05) is 19.7 Å². The maximum atomic E-state index is 15.3. The molecule has 4 aromatic rings. The number of phenols is 1. The Bertz CT molecular complexity index is 1620. The number of benzene rings is 3. The molecule has 3 aromatic carbocycles. The number of rotatable bonds is 17. The molecule has 0 aliphatic rings. The quantitative estimate of drug-likeness (QED) is 0.0758. The predicted octanol–water partition coefficient (Wildman–Crippen LogP) is 6.30. The SMILES string of the molecule is O=C(O)NC(c1ccccc1)c1c(F)ccc(OCCCCCCCCCNC[C@H](O)c2ccc(O)c3[nH]c(=O)ccc23)c1F. The first-order chi connectivity index (χ1) is 21.8. The third-order valence-electron chi connectivity index (χ3n) is 7.64. The number of carbonyl (C=O) groups is 1. The summed E-state index contributed by atoms with van der Waals surface area (Å²) in [6.07, 6.45) is 4.45. The summed E-state index contributed by atoms with van der Waals surface area (Å²) in [7, 11) is 0. The molecule has 0 aliphatic heterocycles. The van der Waals surface area contributed by atoms with Gasteiger partial charge in [0.2, 0.25) is 5.56 Å². The minimum Gasteiger partial charge on any atom is -0.506 e. The van der Waals surface area contributed by atoms with Gasteiger partial charge in [-0.3, -0.25) is 4.79 Å². The molecule has 4 rings (SSSR count). The largest absolute Gasteiger partial charge is 0.506 e. The van der Waals surface area contributed by atoms with Crippen molar-refractivity contribution in [1.29, 1.82) is 0 Å². The van der Waals surface area contributed by atoms with Crippen molar-refractivity contribution < 1.29 is 33.6 Å². The van der Waals surface area contributed by atoms with Crippen LogP contribution in [0.4, 0.5) is 13.6 Å². The Morgan fingerprint density at radius 2 is 1.60 bits per heavy atom. The van der Waals surface area contributed by atoms with E-state index in [1.54, 1.807) is 42.5 Å². The van der Waals surface area contributed by atoms with E-state index in [1.165, 1.54) is 18.2 Å². The van der Waals surface area contributed by atoms with E-state index in [2.05, 4.69) is 15.6 Å². The molecule has 0 bridgehead atoms. The van der Waals surface area contributed by atoms with Crippen LogP contribution in [0.15, 0.2) is 71.5 Å². The van der Waals surface area contributed by atoms with E-state index < -0.39 is 35.4 Å². The number of ether oxygens (including phenoxy) is 1. The minimum atomic E-state index is -1.40. The lowest BCUT2D eigenvalue weighted by Crippen LogP contribution is -2.29. The Labute approximate surface area is 259 Å². The molecule has 1 amide bonds. The van der Waals surface area contributed by atoms with E-state index in [-0.39, 0.29) is 23.7 Å². The van der Waals surface area contributed by atoms with Gasteiger partial charge in [-0.05, 0) is 54.8 Å². The van der Waals surface area contributed by atoms with Crippen molar-refractivity contribution in [3.8, 4) is 11.5 Å². The Morgan fingerprint density at radius 3 is 2.33 bits per heavy atom. The second-order valence-electron chi connectivity index (χ2n) is 10.9. The summed E-state index contributed by atoms with van der Waals surface area (Å²) in [4.78, 5) is 25.5. The molecule has 0 aliphatic carbocycles. The molecule has 0 radical (unpaired) electrons. The van der Waals surface area contributed by atoms with Crippen LogP contribution in [-0.4, -0.2) is 46.1 Å². The van der Waals surface area contributed by atoms with E-state index in [4.69, 9.17) is 4.74 Å². The number of fused-ring (bicyclic) bond motifs is 1. The maximum absolute atomic E-state index is 15.3. The first-order valence-electron chi connectivity index (χ1n) is 15.1. The average Bonchev–Trinajstić information content (AvgIpc) is 3.02. The standard InChI is InChI=1S/C34H39F2N3O6/c35-25-15-17-28(31(36)30(25)32(39-34(43)44)22-11-7-6-8-12-22)45-20-10-5-3-1-2-4-9-19-37-21-27(41)23-13-16-26(40)33-24(23)14-18-29(42)38-33/h6-8,11-18,27,32,37,39-41H,1-5,9-10,19-21H2,(H,38,42)(H,43,44)/t27-,32?/m0/s1. The summed E-state index contributed by atoms with van der Waals surface area (Å²) in [5.74, 6) is -1.95. The van der Waals surface area contributed by atoms with Crippen molar-refractivity contribution in [2.45, 2.75) is 57.1 Å². The number of H-pyrrole nitrogens is 1. The average molecular weight is 624 g/mol. The first-order valence-corrected chi connectivity index (χ1v) is 15.1. The van der Waals surface area contributed by atoms with Crippen LogP contribution < -0.4 is 20.9 Å². The zero-order valence-electron chi connectivity index (χ0n) is 24.9. The lowest BCUT2D eigenvalue weighted by atomic mass is 9.97. The number of carboxylic acid groups (broad SMARTS) is 1. The van der Waals surface area contributed by atoms with Crippen LogP contribution >= 0.6 is 0 Å². The highest BCUT2D eigenvalue weighted by molar-refractivity contribution is 5.87. The summed E-state index contributed by atoms with van der Waals surface area (Å²) in [5.41, 5.74) is 0.619. The molecule has 240 valence electrons. The predicted molar refractivity (Wildman–Crippen MR) is 168 cm³/mol. The summed E-state index contributed by atoms with van der Waals surface area (Å²) >= 11 is 0. The topological polar surface area (TPSA) is 144 Å². The molecule has 1 unspecified atom stereocenters. The molecule has 6 N–H and O–H groups in total. The fraction of sp³-hybridized carbons (Fsp3) is 0.353. The van der Waals surface area contributed by atoms with Gasteiger partial charge in [0.15, 0.2) is 11.6 Å². The number of nitrogens with one attached hydrogen (secondary N) is 3. The zero-order chi connectivity index (χ0) is 32.2.